The minimum absolute atomic E-state index is 0.00231. The highest BCUT2D eigenvalue weighted by atomic mass is 16.8. The zero-order valence-electron chi connectivity index (χ0n) is 48.8. The van der Waals surface area contributed by atoms with Crippen LogP contribution in [-0.2, 0) is 52.2 Å². The molecule has 5 aliphatic carbocycles. The van der Waals surface area contributed by atoms with Crippen molar-refractivity contribution in [2.45, 2.75) is 267 Å². The van der Waals surface area contributed by atoms with E-state index in [0.29, 0.717) is 25.2 Å². The summed E-state index contributed by atoms with van der Waals surface area (Å²) in [5.41, 5.74) is -0.0882. The lowest BCUT2D eigenvalue weighted by molar-refractivity contribution is -0.386. The lowest BCUT2D eigenvalue weighted by atomic mass is 9.33. The molecule has 4 saturated carbocycles. The predicted molar refractivity (Wildman–Crippen MR) is 282 cm³/mol. The van der Waals surface area contributed by atoms with E-state index < -0.39 is 184 Å². The average molecular weight is 1190 g/mol. The van der Waals surface area contributed by atoms with E-state index in [1.165, 1.54) is 12.5 Å². The smallest absolute Gasteiger partial charge is 0.310 e. The Labute approximate surface area is 483 Å². The van der Waals surface area contributed by atoms with Crippen molar-refractivity contribution in [2.75, 3.05) is 26.4 Å². The van der Waals surface area contributed by atoms with Crippen molar-refractivity contribution in [1.29, 1.82) is 0 Å². The Bertz CT molecular complexity index is 2310. The summed E-state index contributed by atoms with van der Waals surface area (Å²) in [6.07, 6.45) is -27.9. The second-order valence-corrected chi connectivity index (χ2v) is 28.2. The number of ether oxygens (including phenoxy) is 10. The maximum Gasteiger partial charge on any atom is 0.310 e. The van der Waals surface area contributed by atoms with Gasteiger partial charge >= 0.3 is 5.97 Å². The van der Waals surface area contributed by atoms with Crippen LogP contribution in [-0.4, -0.2) is 251 Å². The van der Waals surface area contributed by atoms with Gasteiger partial charge < -0.3 is 119 Å². The fraction of sp³-hybridized carbons (Fsp3) is 0.948. The van der Waals surface area contributed by atoms with Gasteiger partial charge in [0.2, 0.25) is 0 Å². The summed E-state index contributed by atoms with van der Waals surface area (Å²) in [4.78, 5) is 13.2. The molecule has 31 atom stereocenters. The minimum Gasteiger partial charge on any atom is -0.481 e. The van der Waals surface area contributed by atoms with Crippen LogP contribution in [0.5, 0.6) is 0 Å². The number of aliphatic carboxylic acids is 1. The number of allylic oxidation sites excluding steroid dienone is 2. The van der Waals surface area contributed by atoms with Gasteiger partial charge in [0.05, 0.1) is 44.1 Å². The zero-order valence-corrected chi connectivity index (χ0v) is 48.8. The zero-order chi connectivity index (χ0) is 60.4. The highest BCUT2D eigenvalue weighted by molar-refractivity contribution is 5.76. The third-order valence-electron chi connectivity index (χ3n) is 22.8. The topological polar surface area (TPSA) is 393 Å². The van der Waals surface area contributed by atoms with E-state index in [-0.39, 0.29) is 40.1 Å². The normalized spacial score (nSPS) is 54.3. The number of carboxylic acid groups (broad SMARTS) is 1. The lowest BCUT2D eigenvalue weighted by Crippen LogP contribution is -2.66. The van der Waals surface area contributed by atoms with Gasteiger partial charge in [-0.25, -0.2) is 0 Å². The van der Waals surface area contributed by atoms with Crippen molar-refractivity contribution in [1.82, 2.24) is 0 Å². The Morgan fingerprint density at radius 3 is 1.84 bits per heavy atom. The van der Waals surface area contributed by atoms with Crippen LogP contribution < -0.4 is 0 Å². The number of hydrogen-bond donors (Lipinski definition) is 14. The Balaban J connectivity index is 0.779. The third-order valence-corrected chi connectivity index (χ3v) is 22.8. The first-order chi connectivity index (χ1) is 38.9. The second-order valence-electron chi connectivity index (χ2n) is 28.2. The number of aliphatic hydroxyl groups is 13. The molecule has 25 heteroatoms. The molecule has 0 amide bonds. The first kappa shape index (κ1) is 64.3. The van der Waals surface area contributed by atoms with Crippen LogP contribution >= 0.6 is 0 Å². The lowest BCUT2D eigenvalue weighted by Gasteiger charge is -2.71. The van der Waals surface area contributed by atoms with Crippen molar-refractivity contribution >= 4 is 5.97 Å². The van der Waals surface area contributed by atoms with E-state index >= 15 is 0 Å². The number of aliphatic hydroxyl groups excluding tert-OH is 13. The molecule has 5 heterocycles. The van der Waals surface area contributed by atoms with Crippen molar-refractivity contribution in [3.63, 3.8) is 0 Å². The van der Waals surface area contributed by atoms with Crippen LogP contribution in [0.4, 0.5) is 0 Å². The highest BCUT2D eigenvalue weighted by Gasteiger charge is 2.70. The Morgan fingerprint density at radius 2 is 1.16 bits per heavy atom. The molecule has 10 rings (SSSR count). The summed E-state index contributed by atoms with van der Waals surface area (Å²) >= 11 is 0. The molecule has 0 aromatic heterocycles. The molecule has 0 aromatic carbocycles. The van der Waals surface area contributed by atoms with E-state index in [0.717, 1.165) is 44.9 Å². The molecular weight excluding hydrogens is 1100 g/mol. The molecule has 83 heavy (non-hydrogen) atoms. The van der Waals surface area contributed by atoms with E-state index in [2.05, 4.69) is 54.5 Å². The molecular formula is C58H94O25. The van der Waals surface area contributed by atoms with Crippen LogP contribution in [0.1, 0.15) is 120 Å². The summed E-state index contributed by atoms with van der Waals surface area (Å²) in [5.74, 6) is -0.136. The Morgan fingerprint density at radius 1 is 0.554 bits per heavy atom. The van der Waals surface area contributed by atoms with E-state index in [4.69, 9.17) is 47.4 Å². The van der Waals surface area contributed by atoms with E-state index in [1.54, 1.807) is 0 Å². The quantitative estimate of drug-likeness (QED) is 0.0750. The van der Waals surface area contributed by atoms with Gasteiger partial charge in [-0.2, -0.15) is 0 Å². The van der Waals surface area contributed by atoms with Crippen molar-refractivity contribution in [3.8, 4) is 0 Å². The number of fused-ring (bicyclic) bond motifs is 7. The number of rotatable bonds is 13. The maximum atomic E-state index is 13.2. The summed E-state index contributed by atoms with van der Waals surface area (Å²) in [6.45, 7) is 15.3. The van der Waals surface area contributed by atoms with Crippen LogP contribution in [0.3, 0.4) is 0 Å². The molecule has 0 radical (unpaired) electrons. The highest BCUT2D eigenvalue weighted by Crippen LogP contribution is 2.76. The van der Waals surface area contributed by atoms with Gasteiger partial charge in [0, 0.05) is 0 Å². The van der Waals surface area contributed by atoms with Crippen molar-refractivity contribution in [3.05, 3.63) is 11.6 Å². The number of carboxylic acids is 1. The summed E-state index contributed by atoms with van der Waals surface area (Å²) in [5, 5.41) is 152. The first-order valence-electron chi connectivity index (χ1n) is 30.0. The molecule has 0 spiro atoms. The average Bonchev–Trinajstić information content (AvgIpc) is 0.779. The number of carbonyl (C=O) groups is 1. The molecule has 476 valence electrons. The molecule has 5 aliphatic heterocycles. The summed E-state index contributed by atoms with van der Waals surface area (Å²) in [7, 11) is 0. The van der Waals surface area contributed by atoms with Gasteiger partial charge in [-0.05, 0) is 116 Å². The standard InChI is InChI=1S/C58H94O25/c1-24-34(62)45(82-47-40(68)37(65)30(23-75-47)79-48-42(70)39(67)44(29(21-60)78-48)81-49-41(69)38(66)36(64)28(20-59)77-49)43(71)50(76-24)83-46-35(63)27(61)22-74-51(46)80-33-12-13-55(6)31(54(33,4)5)11-14-57(8)32(55)10-9-25-26-19-53(2,3)15-17-58(26,52(72)73)18-16-56(25,57)7/h9,24,26-51,59-71H,10-23H2,1-8H3,(H,72,73)/t24-,26+,27+,28+,29-,30-,31-,32+,33+,34-,35-,36-,37-,38+,39+,40-,41+,42-,43+,44-,45-,46+,47-,48-,49+,50-,51-,55+,56-,57-,58-/m0/s1. The molecule has 0 bridgehead atoms. The Hall–Kier alpha value is -1.71. The molecule has 0 unspecified atom stereocenters. The van der Waals surface area contributed by atoms with E-state index in [1.807, 2.05) is 0 Å². The fourth-order valence-corrected chi connectivity index (χ4v) is 17.5. The van der Waals surface area contributed by atoms with Gasteiger partial charge in [-0.1, -0.05) is 60.1 Å². The van der Waals surface area contributed by atoms with Crippen LogP contribution in [0.15, 0.2) is 11.6 Å². The fourth-order valence-electron chi connectivity index (χ4n) is 17.5. The molecule has 0 aromatic rings. The summed E-state index contributed by atoms with van der Waals surface area (Å²) in [6, 6.07) is 0. The van der Waals surface area contributed by atoms with Gasteiger partial charge in [0.1, 0.15) is 104 Å². The third kappa shape index (κ3) is 10.8. The van der Waals surface area contributed by atoms with Crippen molar-refractivity contribution < 1.29 is 124 Å². The van der Waals surface area contributed by atoms with Gasteiger partial charge in [0.15, 0.2) is 31.5 Å². The van der Waals surface area contributed by atoms with Crippen molar-refractivity contribution in [2.24, 2.45) is 50.2 Å². The Kier molecular flexibility index (Phi) is 18.3. The first-order valence-corrected chi connectivity index (χ1v) is 30.0. The molecule has 5 saturated heterocycles. The number of hydrogen-bond acceptors (Lipinski definition) is 24. The monoisotopic (exact) mass is 1190 g/mol. The summed E-state index contributed by atoms with van der Waals surface area (Å²) < 4.78 is 59.4. The van der Waals surface area contributed by atoms with E-state index in [9.17, 15) is 76.3 Å². The second kappa shape index (κ2) is 23.6. The van der Waals surface area contributed by atoms with Crippen LogP contribution in [0.25, 0.3) is 0 Å². The van der Waals surface area contributed by atoms with Crippen LogP contribution in [0, 0.1) is 50.2 Å². The molecule has 9 fully saturated rings. The minimum atomic E-state index is -1.98. The van der Waals surface area contributed by atoms with Gasteiger partial charge in [-0.3, -0.25) is 4.79 Å². The largest absolute Gasteiger partial charge is 0.481 e. The SMILES string of the molecule is C[C@@H]1O[C@@H](O[C@H]2[C@H](O[C@@H]3CC[C@@]4(C)[C@H]5CC=C6[C@H]7CC(C)(C)CC[C@]7(C(=O)O)CC[C@]6(C)[C@@]5(C)CC[C@H]4C3(C)C)OC[C@@H](O)[C@@H]2O)[C@H](O)[C@@H](O[C@@H]2OC[C@H](O[C@@H]3O[C@@H](CO)[C@H](O[C@H]4O[C@H](CO)[C@H](O)[C@@H](O)[C@H]4O)[C@H](O)[C@@H]3O)[C@H](O)[C@@H]2O)[C@H]1O. The van der Waals surface area contributed by atoms with Crippen LogP contribution in [0.2, 0.25) is 0 Å². The maximum absolute atomic E-state index is 13.2. The molecule has 10 aliphatic rings. The van der Waals surface area contributed by atoms with Gasteiger partial charge in [-0.15, -0.1) is 0 Å². The molecule has 14 N–H and O–H groups in total. The predicted octanol–water partition coefficient (Wildman–Crippen LogP) is -1.34. The van der Waals surface area contributed by atoms with Gasteiger partial charge in [0.25, 0.3) is 0 Å². The molecule has 25 nitrogen and oxygen atoms in total.